The number of aromatic nitrogens is 2. The second-order valence-electron chi connectivity index (χ2n) is 10.6. The summed E-state index contributed by atoms with van der Waals surface area (Å²) in [5, 5.41) is 3.07. The second-order valence-corrected chi connectivity index (χ2v) is 10.6. The van der Waals surface area contributed by atoms with E-state index in [1.807, 2.05) is 12.1 Å². The Labute approximate surface area is 201 Å². The zero-order valence-electron chi connectivity index (χ0n) is 20.3. The first kappa shape index (κ1) is 24.0. The van der Waals surface area contributed by atoms with Crippen LogP contribution in [0.5, 0.6) is 5.88 Å². The summed E-state index contributed by atoms with van der Waals surface area (Å²) in [5.74, 6) is 1.22. The molecule has 34 heavy (non-hydrogen) atoms. The summed E-state index contributed by atoms with van der Waals surface area (Å²) in [5.41, 5.74) is 8.34. The van der Waals surface area contributed by atoms with Crippen LogP contribution in [0.2, 0.25) is 0 Å². The summed E-state index contributed by atoms with van der Waals surface area (Å²) in [6.45, 7) is 7.85. The van der Waals surface area contributed by atoms with Gasteiger partial charge >= 0.3 is 0 Å². The van der Waals surface area contributed by atoms with E-state index in [1.165, 1.54) is 11.9 Å². The van der Waals surface area contributed by atoms with Crippen molar-refractivity contribution < 1.29 is 14.3 Å². The van der Waals surface area contributed by atoms with Gasteiger partial charge in [0, 0.05) is 18.7 Å². The molecule has 0 spiro atoms. The Bertz CT molecular complexity index is 1020. The highest BCUT2D eigenvalue weighted by atomic mass is 16.5. The first-order valence-corrected chi connectivity index (χ1v) is 12.1. The molecule has 8 heteroatoms. The Kier molecular flexibility index (Phi) is 7.05. The minimum Gasteiger partial charge on any atom is -0.475 e. The lowest BCUT2D eigenvalue weighted by Crippen LogP contribution is -2.33. The fraction of sp³-hybridized carbons (Fsp3) is 0.538. The van der Waals surface area contributed by atoms with Crippen molar-refractivity contribution in [1.82, 2.24) is 15.3 Å². The molecule has 4 rings (SSSR count). The molecule has 1 aliphatic heterocycles. The molecule has 2 aliphatic rings. The van der Waals surface area contributed by atoms with E-state index in [0.717, 1.165) is 31.4 Å². The van der Waals surface area contributed by atoms with Gasteiger partial charge in [-0.05, 0) is 60.6 Å². The van der Waals surface area contributed by atoms with Crippen molar-refractivity contribution >= 4 is 23.3 Å². The molecule has 2 heterocycles. The van der Waals surface area contributed by atoms with Crippen molar-refractivity contribution in [2.45, 2.75) is 58.8 Å². The van der Waals surface area contributed by atoms with E-state index in [2.05, 4.69) is 48.2 Å². The minimum atomic E-state index is -0.247. The number of nitrogens with one attached hydrogen (secondary N) is 1. The van der Waals surface area contributed by atoms with Crippen LogP contribution in [0.15, 0.2) is 30.6 Å². The van der Waals surface area contributed by atoms with Gasteiger partial charge in [-0.15, -0.1) is 0 Å². The van der Waals surface area contributed by atoms with E-state index in [9.17, 15) is 9.59 Å². The topological polar surface area (TPSA) is 110 Å². The van der Waals surface area contributed by atoms with Gasteiger partial charge in [0.25, 0.3) is 5.91 Å². The molecule has 2 amide bonds. The molecule has 1 fully saturated rings. The van der Waals surface area contributed by atoms with Crippen LogP contribution < -0.4 is 20.7 Å². The fourth-order valence-corrected chi connectivity index (χ4v) is 4.73. The van der Waals surface area contributed by atoms with Gasteiger partial charge in [-0.2, -0.15) is 0 Å². The molecule has 0 atom stereocenters. The molecule has 1 aliphatic carbocycles. The van der Waals surface area contributed by atoms with E-state index < -0.39 is 0 Å². The van der Waals surface area contributed by atoms with Gasteiger partial charge in [-0.3, -0.25) is 9.59 Å². The first-order valence-electron chi connectivity index (χ1n) is 12.1. The standard InChI is InChI=1S/C26H35N5O3/c1-26(2,3)15-28-21(32)14-17-4-6-18(7-5-17)19-8-10-20(11-9-19)31-12-13-34-24-22(25(31)33)23(27)29-16-30-24/h8-11,16-18H,4-7,12-15H2,1-3H3,(H,28,32)(H2,27,29,30). The maximum absolute atomic E-state index is 13.1. The number of amides is 2. The molecule has 3 N–H and O–H groups in total. The Morgan fingerprint density at radius 2 is 1.85 bits per heavy atom. The Morgan fingerprint density at radius 3 is 2.53 bits per heavy atom. The summed E-state index contributed by atoms with van der Waals surface area (Å²) >= 11 is 0. The highest BCUT2D eigenvalue weighted by Crippen LogP contribution is 2.38. The van der Waals surface area contributed by atoms with Gasteiger partial charge in [0.15, 0.2) is 0 Å². The van der Waals surface area contributed by atoms with E-state index >= 15 is 0 Å². The number of carbonyl (C=O) groups is 2. The van der Waals surface area contributed by atoms with Crippen LogP contribution in [0.25, 0.3) is 0 Å². The number of fused-ring (bicyclic) bond motifs is 1. The number of nitrogens with zero attached hydrogens (tertiary/aromatic N) is 3. The zero-order valence-corrected chi connectivity index (χ0v) is 20.3. The Balaban J connectivity index is 1.34. The Morgan fingerprint density at radius 1 is 1.15 bits per heavy atom. The zero-order chi connectivity index (χ0) is 24.3. The second kappa shape index (κ2) is 9.99. The number of hydrogen-bond donors (Lipinski definition) is 2. The smallest absolute Gasteiger partial charge is 0.267 e. The molecule has 0 bridgehead atoms. The van der Waals surface area contributed by atoms with Crippen molar-refractivity contribution in [1.29, 1.82) is 0 Å². The lowest BCUT2D eigenvalue weighted by atomic mass is 9.77. The molecule has 1 aromatic heterocycles. The summed E-state index contributed by atoms with van der Waals surface area (Å²) in [6, 6.07) is 8.21. The van der Waals surface area contributed by atoms with Gasteiger partial charge in [0.1, 0.15) is 24.3 Å². The van der Waals surface area contributed by atoms with Crippen LogP contribution in [0.3, 0.4) is 0 Å². The molecule has 0 unspecified atom stereocenters. The normalized spacial score (nSPS) is 20.8. The first-order chi connectivity index (χ1) is 16.2. The third-order valence-electron chi connectivity index (χ3n) is 6.67. The molecule has 0 radical (unpaired) electrons. The lowest BCUT2D eigenvalue weighted by Gasteiger charge is -2.29. The van der Waals surface area contributed by atoms with Crippen molar-refractivity contribution in [3.63, 3.8) is 0 Å². The predicted molar refractivity (Wildman–Crippen MR) is 132 cm³/mol. The number of ether oxygens (including phenoxy) is 1. The third kappa shape index (κ3) is 5.66. The average Bonchev–Trinajstić information content (AvgIpc) is 2.97. The predicted octanol–water partition coefficient (Wildman–Crippen LogP) is 3.92. The van der Waals surface area contributed by atoms with Gasteiger partial charge in [0.2, 0.25) is 11.8 Å². The van der Waals surface area contributed by atoms with E-state index in [-0.39, 0.29) is 34.5 Å². The molecule has 0 saturated heterocycles. The number of carbonyl (C=O) groups excluding carboxylic acids is 2. The van der Waals surface area contributed by atoms with Crippen LogP contribution in [-0.2, 0) is 4.79 Å². The largest absolute Gasteiger partial charge is 0.475 e. The number of hydrogen-bond acceptors (Lipinski definition) is 6. The quantitative estimate of drug-likeness (QED) is 0.692. The van der Waals surface area contributed by atoms with Crippen molar-refractivity contribution in [3.05, 3.63) is 41.7 Å². The number of nitrogens with two attached hydrogens (primary N) is 1. The van der Waals surface area contributed by atoms with Gasteiger partial charge < -0.3 is 20.7 Å². The van der Waals surface area contributed by atoms with Gasteiger partial charge in [0.05, 0.1) is 6.54 Å². The van der Waals surface area contributed by atoms with Crippen LogP contribution in [0.4, 0.5) is 11.5 Å². The van der Waals surface area contributed by atoms with Gasteiger partial charge in [-0.1, -0.05) is 32.9 Å². The van der Waals surface area contributed by atoms with Crippen LogP contribution >= 0.6 is 0 Å². The number of benzene rings is 1. The molecule has 1 saturated carbocycles. The molecule has 8 nitrogen and oxygen atoms in total. The maximum Gasteiger partial charge on any atom is 0.267 e. The van der Waals surface area contributed by atoms with E-state index in [1.54, 1.807) is 4.90 Å². The number of rotatable bonds is 5. The average molecular weight is 466 g/mol. The van der Waals surface area contributed by atoms with Crippen LogP contribution in [-0.4, -0.2) is 41.5 Å². The summed E-state index contributed by atoms with van der Waals surface area (Å²) in [7, 11) is 0. The fourth-order valence-electron chi connectivity index (χ4n) is 4.73. The van der Waals surface area contributed by atoms with E-state index in [4.69, 9.17) is 10.5 Å². The molecule has 1 aromatic carbocycles. The third-order valence-corrected chi connectivity index (χ3v) is 6.67. The van der Waals surface area contributed by atoms with Crippen molar-refractivity contribution in [3.8, 4) is 5.88 Å². The number of anilines is 2. The van der Waals surface area contributed by atoms with E-state index in [0.29, 0.717) is 38.0 Å². The minimum absolute atomic E-state index is 0.105. The Hall–Kier alpha value is -3.16. The molecule has 2 aromatic rings. The maximum atomic E-state index is 13.1. The van der Waals surface area contributed by atoms with Crippen molar-refractivity contribution in [2.75, 3.05) is 30.3 Å². The van der Waals surface area contributed by atoms with Crippen molar-refractivity contribution in [2.24, 2.45) is 11.3 Å². The molecular weight excluding hydrogens is 430 g/mol. The highest BCUT2D eigenvalue weighted by molar-refractivity contribution is 6.10. The summed E-state index contributed by atoms with van der Waals surface area (Å²) in [6.07, 6.45) is 6.21. The highest BCUT2D eigenvalue weighted by Gasteiger charge is 2.29. The monoisotopic (exact) mass is 465 g/mol. The SMILES string of the molecule is CC(C)(C)CNC(=O)CC1CCC(c2ccc(N3CCOc4ncnc(N)c4C3=O)cc2)CC1. The summed E-state index contributed by atoms with van der Waals surface area (Å²) < 4.78 is 5.62. The number of nitrogen functional groups attached to an aromatic ring is 1. The summed E-state index contributed by atoms with van der Waals surface area (Å²) in [4.78, 5) is 35.1. The van der Waals surface area contributed by atoms with Crippen LogP contribution in [0, 0.1) is 11.3 Å². The van der Waals surface area contributed by atoms with Crippen LogP contribution in [0.1, 0.15) is 74.7 Å². The van der Waals surface area contributed by atoms with Gasteiger partial charge in [-0.25, -0.2) is 9.97 Å². The lowest BCUT2D eigenvalue weighted by molar-refractivity contribution is -0.122. The molecular formula is C26H35N5O3. The molecule has 182 valence electrons.